The van der Waals surface area contributed by atoms with Crippen molar-refractivity contribution in [3.63, 3.8) is 0 Å². The van der Waals surface area contributed by atoms with Crippen LogP contribution in [-0.4, -0.2) is 49.5 Å². The van der Waals surface area contributed by atoms with Gasteiger partial charge in [0.1, 0.15) is 0 Å². The van der Waals surface area contributed by atoms with Crippen molar-refractivity contribution in [2.75, 3.05) is 24.6 Å². The molecule has 0 bridgehead atoms. The zero-order valence-electron chi connectivity index (χ0n) is 10.7. The standard InChI is InChI=1S/C12H24N2O2S/c1-2-3-7-14(11-4-5-11)12(9-13)6-8-17(15,16)10-12/h11H,2-10,13H2,1H3. The van der Waals surface area contributed by atoms with Crippen molar-refractivity contribution in [2.45, 2.75) is 50.6 Å². The Morgan fingerprint density at radius 2 is 2.12 bits per heavy atom. The molecule has 17 heavy (non-hydrogen) atoms. The Hall–Kier alpha value is -0.130. The van der Waals surface area contributed by atoms with E-state index in [0.29, 0.717) is 18.3 Å². The molecule has 0 spiro atoms. The number of rotatable bonds is 6. The van der Waals surface area contributed by atoms with Gasteiger partial charge in [0, 0.05) is 18.1 Å². The molecule has 0 radical (unpaired) electrons. The molecular weight excluding hydrogens is 236 g/mol. The third-order valence-corrected chi connectivity index (χ3v) is 5.90. The second-order valence-corrected chi connectivity index (χ2v) is 7.73. The first-order valence-electron chi connectivity index (χ1n) is 6.70. The summed E-state index contributed by atoms with van der Waals surface area (Å²) in [6.45, 7) is 3.66. The highest BCUT2D eigenvalue weighted by molar-refractivity contribution is 7.91. The first-order valence-corrected chi connectivity index (χ1v) is 8.52. The SMILES string of the molecule is CCCCN(C1CC1)C1(CN)CCS(=O)(=O)C1. The summed E-state index contributed by atoms with van der Waals surface area (Å²) in [5.41, 5.74) is 5.67. The second-order valence-electron chi connectivity index (χ2n) is 5.55. The first kappa shape index (κ1) is 13.3. The molecule has 2 N–H and O–H groups in total. The number of nitrogens with two attached hydrogens (primary N) is 1. The Morgan fingerprint density at radius 1 is 1.41 bits per heavy atom. The van der Waals surface area contributed by atoms with Gasteiger partial charge in [0.15, 0.2) is 9.84 Å². The minimum Gasteiger partial charge on any atom is -0.329 e. The molecule has 100 valence electrons. The van der Waals surface area contributed by atoms with E-state index in [0.717, 1.165) is 25.8 Å². The highest BCUT2D eigenvalue weighted by atomic mass is 32.2. The van der Waals surface area contributed by atoms with E-state index in [1.54, 1.807) is 0 Å². The molecule has 1 saturated heterocycles. The topological polar surface area (TPSA) is 63.4 Å². The fourth-order valence-corrected chi connectivity index (χ4v) is 5.01. The van der Waals surface area contributed by atoms with E-state index in [-0.39, 0.29) is 11.3 Å². The summed E-state index contributed by atoms with van der Waals surface area (Å²) in [5.74, 6) is 0.594. The molecule has 4 nitrogen and oxygen atoms in total. The quantitative estimate of drug-likeness (QED) is 0.766. The van der Waals surface area contributed by atoms with E-state index in [1.165, 1.54) is 12.8 Å². The van der Waals surface area contributed by atoms with Gasteiger partial charge in [-0.25, -0.2) is 8.42 Å². The van der Waals surface area contributed by atoms with Gasteiger partial charge in [-0.2, -0.15) is 0 Å². The first-order chi connectivity index (χ1) is 8.03. The van der Waals surface area contributed by atoms with Crippen LogP contribution >= 0.6 is 0 Å². The van der Waals surface area contributed by atoms with Gasteiger partial charge in [0.2, 0.25) is 0 Å². The van der Waals surface area contributed by atoms with Crippen molar-refractivity contribution in [2.24, 2.45) is 5.73 Å². The third kappa shape index (κ3) is 2.83. The molecule has 1 saturated carbocycles. The van der Waals surface area contributed by atoms with Crippen LogP contribution in [0.25, 0.3) is 0 Å². The predicted molar refractivity (Wildman–Crippen MR) is 69.7 cm³/mol. The Labute approximate surface area is 104 Å². The minimum absolute atomic E-state index is 0.255. The van der Waals surface area contributed by atoms with Crippen LogP contribution in [0.4, 0.5) is 0 Å². The maximum absolute atomic E-state index is 11.7. The second kappa shape index (κ2) is 4.86. The molecular formula is C12H24N2O2S. The molecule has 1 aliphatic heterocycles. The highest BCUT2D eigenvalue weighted by Crippen LogP contribution is 2.38. The van der Waals surface area contributed by atoms with Crippen LogP contribution in [0.15, 0.2) is 0 Å². The summed E-state index contributed by atoms with van der Waals surface area (Å²) in [6, 6.07) is 0.596. The van der Waals surface area contributed by atoms with E-state index >= 15 is 0 Å². The Balaban J connectivity index is 2.14. The molecule has 2 rings (SSSR count). The molecule has 1 unspecified atom stereocenters. The number of unbranched alkanes of at least 4 members (excludes halogenated alkanes) is 1. The summed E-state index contributed by atoms with van der Waals surface area (Å²) in [6.07, 6.45) is 5.44. The molecule has 2 fully saturated rings. The lowest BCUT2D eigenvalue weighted by atomic mass is 9.95. The fourth-order valence-electron chi connectivity index (χ4n) is 2.93. The summed E-state index contributed by atoms with van der Waals surface area (Å²) in [4.78, 5) is 2.42. The van der Waals surface area contributed by atoms with Crippen LogP contribution in [0.5, 0.6) is 0 Å². The molecule has 5 heteroatoms. The van der Waals surface area contributed by atoms with Crippen LogP contribution in [0, 0.1) is 0 Å². The zero-order valence-corrected chi connectivity index (χ0v) is 11.5. The summed E-state index contributed by atoms with van der Waals surface area (Å²) >= 11 is 0. The number of hydrogen-bond donors (Lipinski definition) is 1. The maximum Gasteiger partial charge on any atom is 0.152 e. The Bertz CT molecular complexity index is 365. The van der Waals surface area contributed by atoms with E-state index in [4.69, 9.17) is 5.73 Å². The van der Waals surface area contributed by atoms with Gasteiger partial charge in [0.05, 0.1) is 11.5 Å². The van der Waals surface area contributed by atoms with E-state index in [9.17, 15) is 8.42 Å². The van der Waals surface area contributed by atoms with Crippen LogP contribution in [0.2, 0.25) is 0 Å². The number of sulfone groups is 1. The summed E-state index contributed by atoms with van der Waals surface area (Å²) in [7, 11) is -2.86. The average molecular weight is 260 g/mol. The van der Waals surface area contributed by atoms with E-state index < -0.39 is 9.84 Å². The van der Waals surface area contributed by atoms with Gasteiger partial charge in [0.25, 0.3) is 0 Å². The normalized spacial score (nSPS) is 32.2. The number of hydrogen-bond acceptors (Lipinski definition) is 4. The molecule has 0 amide bonds. The monoisotopic (exact) mass is 260 g/mol. The van der Waals surface area contributed by atoms with Crippen LogP contribution in [-0.2, 0) is 9.84 Å². The van der Waals surface area contributed by atoms with Gasteiger partial charge in [-0.1, -0.05) is 13.3 Å². The lowest BCUT2D eigenvalue weighted by Crippen LogP contribution is -2.56. The maximum atomic E-state index is 11.7. The van der Waals surface area contributed by atoms with Gasteiger partial charge in [-0.3, -0.25) is 4.90 Å². The van der Waals surface area contributed by atoms with Crippen molar-refractivity contribution in [3.05, 3.63) is 0 Å². The summed E-state index contributed by atoms with van der Waals surface area (Å²) < 4.78 is 23.5. The van der Waals surface area contributed by atoms with Gasteiger partial charge < -0.3 is 5.73 Å². The zero-order chi connectivity index (χ0) is 12.5. The Morgan fingerprint density at radius 3 is 2.53 bits per heavy atom. The minimum atomic E-state index is -2.86. The Kier molecular flexibility index (Phi) is 3.80. The van der Waals surface area contributed by atoms with Gasteiger partial charge in [-0.05, 0) is 32.2 Å². The van der Waals surface area contributed by atoms with Crippen molar-refractivity contribution in [1.82, 2.24) is 4.90 Å². The van der Waals surface area contributed by atoms with Gasteiger partial charge in [-0.15, -0.1) is 0 Å². The van der Waals surface area contributed by atoms with Crippen molar-refractivity contribution in [1.29, 1.82) is 0 Å². The third-order valence-electron chi connectivity index (χ3n) is 4.10. The summed E-state index contributed by atoms with van der Waals surface area (Å²) in [5, 5.41) is 0. The van der Waals surface area contributed by atoms with E-state index in [2.05, 4.69) is 11.8 Å². The van der Waals surface area contributed by atoms with Crippen molar-refractivity contribution >= 4 is 9.84 Å². The molecule has 2 aliphatic rings. The lowest BCUT2D eigenvalue weighted by Gasteiger charge is -2.40. The predicted octanol–water partition coefficient (Wildman–Crippen LogP) is 0.767. The molecule has 1 heterocycles. The van der Waals surface area contributed by atoms with E-state index in [1.807, 2.05) is 0 Å². The molecule has 1 atom stereocenters. The van der Waals surface area contributed by atoms with Crippen molar-refractivity contribution < 1.29 is 8.42 Å². The molecule has 0 aromatic carbocycles. The fraction of sp³-hybridized carbons (Fsp3) is 1.00. The van der Waals surface area contributed by atoms with Gasteiger partial charge >= 0.3 is 0 Å². The van der Waals surface area contributed by atoms with Crippen LogP contribution in [0.3, 0.4) is 0 Å². The lowest BCUT2D eigenvalue weighted by molar-refractivity contribution is 0.105. The van der Waals surface area contributed by atoms with Crippen LogP contribution < -0.4 is 5.73 Å². The number of nitrogens with zero attached hydrogens (tertiary/aromatic N) is 1. The molecule has 0 aromatic rings. The van der Waals surface area contributed by atoms with Crippen LogP contribution in [0.1, 0.15) is 39.0 Å². The average Bonchev–Trinajstić information content (AvgIpc) is 3.05. The molecule has 1 aliphatic carbocycles. The highest BCUT2D eigenvalue weighted by Gasteiger charge is 2.49. The van der Waals surface area contributed by atoms with Crippen molar-refractivity contribution in [3.8, 4) is 0 Å². The largest absolute Gasteiger partial charge is 0.329 e. The smallest absolute Gasteiger partial charge is 0.152 e. The molecule has 0 aromatic heterocycles.